The fourth-order valence-electron chi connectivity index (χ4n) is 2.43. The molecule has 2 aromatic rings. The Balaban J connectivity index is 1.81. The van der Waals surface area contributed by atoms with Gasteiger partial charge in [0.25, 0.3) is 5.91 Å². The molecule has 1 saturated carbocycles. The van der Waals surface area contributed by atoms with Crippen LogP contribution in [0, 0.1) is 5.92 Å². The zero-order valence-corrected chi connectivity index (χ0v) is 12.6. The van der Waals surface area contributed by atoms with Crippen LogP contribution in [0.15, 0.2) is 59.1 Å². The fourth-order valence-corrected chi connectivity index (χ4v) is 2.89. The summed E-state index contributed by atoms with van der Waals surface area (Å²) in [5, 5.41) is 3.18. The van der Waals surface area contributed by atoms with Crippen LogP contribution in [0.2, 0.25) is 0 Å². The number of halogens is 1. The second-order valence-electron chi connectivity index (χ2n) is 5.18. The first kappa shape index (κ1) is 13.4. The van der Waals surface area contributed by atoms with Gasteiger partial charge in [0.1, 0.15) is 0 Å². The van der Waals surface area contributed by atoms with E-state index in [0.29, 0.717) is 11.5 Å². The molecule has 1 fully saturated rings. The second-order valence-corrected chi connectivity index (χ2v) is 6.03. The molecule has 1 aliphatic carbocycles. The number of hydrogen-bond acceptors (Lipinski definition) is 1. The van der Waals surface area contributed by atoms with E-state index < -0.39 is 0 Å². The van der Waals surface area contributed by atoms with Crippen LogP contribution in [-0.2, 0) is 0 Å². The minimum Gasteiger partial charge on any atom is -0.345 e. The minimum absolute atomic E-state index is 0.0155. The van der Waals surface area contributed by atoms with E-state index >= 15 is 0 Å². The summed E-state index contributed by atoms with van der Waals surface area (Å²) in [5.74, 6) is 0.557. The number of carbonyl (C=O) groups is 1. The average Bonchev–Trinajstić information content (AvgIpc) is 3.30. The van der Waals surface area contributed by atoms with E-state index in [1.54, 1.807) is 0 Å². The Hall–Kier alpha value is -1.61. The number of rotatable bonds is 4. The van der Waals surface area contributed by atoms with Crippen molar-refractivity contribution in [3.05, 3.63) is 70.2 Å². The lowest BCUT2D eigenvalue weighted by Crippen LogP contribution is -2.30. The van der Waals surface area contributed by atoms with E-state index in [1.165, 1.54) is 18.4 Å². The highest BCUT2D eigenvalue weighted by molar-refractivity contribution is 9.10. The number of nitrogens with one attached hydrogen (secondary N) is 1. The molecule has 0 aliphatic heterocycles. The normalized spacial score (nSPS) is 15.7. The molecule has 1 N–H and O–H groups in total. The van der Waals surface area contributed by atoms with Crippen LogP contribution >= 0.6 is 15.9 Å². The first-order valence-electron chi connectivity index (χ1n) is 6.86. The predicted octanol–water partition coefficient (Wildman–Crippen LogP) is 4.33. The fraction of sp³-hybridized carbons (Fsp3) is 0.235. The van der Waals surface area contributed by atoms with E-state index in [2.05, 4.69) is 33.4 Å². The summed E-state index contributed by atoms with van der Waals surface area (Å²) >= 11 is 3.43. The number of carbonyl (C=O) groups excluding carboxylic acids is 1. The quantitative estimate of drug-likeness (QED) is 0.888. The SMILES string of the molecule is O=C(N[C@H](c1ccccc1)C1CC1)c1ccccc1Br. The molecule has 0 saturated heterocycles. The summed E-state index contributed by atoms with van der Waals surface area (Å²) in [6, 6.07) is 17.9. The van der Waals surface area contributed by atoms with Gasteiger partial charge in [-0.05, 0) is 52.4 Å². The number of hydrogen-bond donors (Lipinski definition) is 1. The Morgan fingerprint density at radius 1 is 1.05 bits per heavy atom. The van der Waals surface area contributed by atoms with Crippen molar-refractivity contribution in [2.24, 2.45) is 5.92 Å². The third-order valence-corrected chi connectivity index (χ3v) is 4.35. The maximum atomic E-state index is 12.4. The van der Waals surface area contributed by atoms with Crippen molar-refractivity contribution in [3.63, 3.8) is 0 Å². The summed E-state index contributed by atoms with van der Waals surface area (Å²) in [4.78, 5) is 12.4. The van der Waals surface area contributed by atoms with Gasteiger partial charge in [-0.15, -0.1) is 0 Å². The van der Waals surface area contributed by atoms with Crippen LogP contribution in [0.25, 0.3) is 0 Å². The summed E-state index contributed by atoms with van der Waals surface area (Å²) in [5.41, 5.74) is 1.88. The molecular weight excluding hydrogens is 314 g/mol. The van der Waals surface area contributed by atoms with Gasteiger partial charge in [-0.25, -0.2) is 0 Å². The molecule has 3 rings (SSSR count). The molecule has 0 radical (unpaired) electrons. The molecule has 2 aromatic carbocycles. The van der Waals surface area contributed by atoms with Crippen molar-refractivity contribution in [2.45, 2.75) is 18.9 Å². The summed E-state index contributed by atoms with van der Waals surface area (Å²) in [7, 11) is 0. The predicted molar refractivity (Wildman–Crippen MR) is 83.5 cm³/mol. The average molecular weight is 330 g/mol. The highest BCUT2D eigenvalue weighted by atomic mass is 79.9. The molecule has 20 heavy (non-hydrogen) atoms. The third kappa shape index (κ3) is 2.93. The molecule has 0 heterocycles. The zero-order chi connectivity index (χ0) is 13.9. The van der Waals surface area contributed by atoms with Gasteiger partial charge in [0.15, 0.2) is 0 Å². The van der Waals surface area contributed by atoms with Crippen molar-refractivity contribution in [2.75, 3.05) is 0 Å². The minimum atomic E-state index is -0.0155. The van der Waals surface area contributed by atoms with Gasteiger partial charge in [-0.1, -0.05) is 42.5 Å². The molecule has 1 amide bonds. The second kappa shape index (κ2) is 5.80. The van der Waals surface area contributed by atoms with E-state index in [-0.39, 0.29) is 11.9 Å². The molecule has 0 unspecified atom stereocenters. The maximum Gasteiger partial charge on any atom is 0.252 e. The summed E-state index contributed by atoms with van der Waals surface area (Å²) in [6.45, 7) is 0. The molecule has 1 aliphatic rings. The van der Waals surface area contributed by atoms with Crippen molar-refractivity contribution in [3.8, 4) is 0 Å². The monoisotopic (exact) mass is 329 g/mol. The lowest BCUT2D eigenvalue weighted by atomic mass is 10.0. The molecule has 0 spiro atoms. The summed E-state index contributed by atoms with van der Waals surface area (Å²) in [6.07, 6.45) is 2.38. The molecule has 102 valence electrons. The van der Waals surface area contributed by atoms with Gasteiger partial charge in [-0.3, -0.25) is 4.79 Å². The van der Waals surface area contributed by atoms with Gasteiger partial charge >= 0.3 is 0 Å². The molecule has 0 aromatic heterocycles. The third-order valence-electron chi connectivity index (χ3n) is 3.66. The smallest absolute Gasteiger partial charge is 0.252 e. The Kier molecular flexibility index (Phi) is 3.88. The molecule has 0 bridgehead atoms. The zero-order valence-electron chi connectivity index (χ0n) is 11.1. The van der Waals surface area contributed by atoms with Crippen LogP contribution in [0.1, 0.15) is 34.8 Å². The summed E-state index contributed by atoms with van der Waals surface area (Å²) < 4.78 is 0.833. The largest absolute Gasteiger partial charge is 0.345 e. The van der Waals surface area contributed by atoms with Crippen molar-refractivity contribution >= 4 is 21.8 Å². The van der Waals surface area contributed by atoms with Gasteiger partial charge in [0.05, 0.1) is 11.6 Å². The number of amides is 1. The molecular formula is C17H16BrNO. The Morgan fingerprint density at radius 2 is 1.70 bits per heavy atom. The van der Waals surface area contributed by atoms with E-state index in [4.69, 9.17) is 0 Å². The van der Waals surface area contributed by atoms with E-state index in [9.17, 15) is 4.79 Å². The van der Waals surface area contributed by atoms with E-state index in [0.717, 1.165) is 4.47 Å². The van der Waals surface area contributed by atoms with Crippen LogP contribution in [0.4, 0.5) is 0 Å². The van der Waals surface area contributed by atoms with Gasteiger partial charge in [-0.2, -0.15) is 0 Å². The Bertz CT molecular complexity index is 607. The maximum absolute atomic E-state index is 12.4. The van der Waals surface area contributed by atoms with Crippen LogP contribution in [0.5, 0.6) is 0 Å². The van der Waals surface area contributed by atoms with Crippen molar-refractivity contribution in [1.82, 2.24) is 5.32 Å². The first-order chi connectivity index (χ1) is 9.75. The van der Waals surface area contributed by atoms with E-state index in [1.807, 2.05) is 42.5 Å². The van der Waals surface area contributed by atoms with Crippen LogP contribution in [0.3, 0.4) is 0 Å². The lowest BCUT2D eigenvalue weighted by molar-refractivity contribution is 0.0931. The lowest BCUT2D eigenvalue weighted by Gasteiger charge is -2.19. The Morgan fingerprint density at radius 3 is 2.35 bits per heavy atom. The standard InChI is InChI=1S/C17H16BrNO/c18-15-9-5-4-8-14(15)17(20)19-16(13-10-11-13)12-6-2-1-3-7-12/h1-9,13,16H,10-11H2,(H,19,20)/t16-/m1/s1. The molecule has 3 heteroatoms. The van der Waals surface area contributed by atoms with Crippen LogP contribution < -0.4 is 5.32 Å². The van der Waals surface area contributed by atoms with Gasteiger partial charge in [0.2, 0.25) is 0 Å². The Labute approximate surface area is 127 Å². The van der Waals surface area contributed by atoms with Crippen molar-refractivity contribution < 1.29 is 4.79 Å². The van der Waals surface area contributed by atoms with Gasteiger partial charge in [0, 0.05) is 4.47 Å². The first-order valence-corrected chi connectivity index (χ1v) is 7.65. The highest BCUT2D eigenvalue weighted by Crippen LogP contribution is 2.41. The van der Waals surface area contributed by atoms with Crippen molar-refractivity contribution in [1.29, 1.82) is 0 Å². The molecule has 2 nitrogen and oxygen atoms in total. The van der Waals surface area contributed by atoms with Crippen LogP contribution in [-0.4, -0.2) is 5.91 Å². The topological polar surface area (TPSA) is 29.1 Å². The molecule has 1 atom stereocenters. The van der Waals surface area contributed by atoms with Gasteiger partial charge < -0.3 is 5.32 Å². The number of benzene rings is 2. The highest BCUT2D eigenvalue weighted by Gasteiger charge is 2.33.